The summed E-state index contributed by atoms with van der Waals surface area (Å²) in [6.07, 6.45) is 1.73. The first-order valence-corrected chi connectivity index (χ1v) is 5.74. The molecule has 0 spiro atoms. The smallest absolute Gasteiger partial charge is 0.213 e. The van der Waals surface area contributed by atoms with E-state index in [0.717, 1.165) is 4.47 Å². The van der Waals surface area contributed by atoms with E-state index in [0.29, 0.717) is 16.3 Å². The molecule has 82 valence electrons. The Morgan fingerprint density at radius 2 is 2.19 bits per heavy atom. The summed E-state index contributed by atoms with van der Waals surface area (Å²) in [5.41, 5.74) is 0.940. The molecule has 0 atom stereocenters. The maximum absolute atomic E-state index is 12.0. The first-order valence-electron chi connectivity index (χ1n) is 4.57. The number of rotatable bonds is 2. The highest BCUT2D eigenvalue weighted by molar-refractivity contribution is 9.10. The summed E-state index contributed by atoms with van der Waals surface area (Å²) in [5.74, 6) is -0.135. The number of carbonyl (C=O) groups excluding carboxylic acids is 1. The zero-order valence-electron chi connectivity index (χ0n) is 8.45. The van der Waals surface area contributed by atoms with Gasteiger partial charge in [0, 0.05) is 28.3 Å². The molecule has 1 aromatic heterocycles. The number of benzene rings is 1. The van der Waals surface area contributed by atoms with E-state index in [1.807, 2.05) is 0 Å². The molecule has 0 fully saturated rings. The van der Waals surface area contributed by atoms with Crippen molar-refractivity contribution in [2.24, 2.45) is 7.05 Å². The Morgan fingerprint density at radius 1 is 1.44 bits per heavy atom. The molecule has 3 nitrogen and oxygen atoms in total. The number of carbonyl (C=O) groups is 1. The van der Waals surface area contributed by atoms with Gasteiger partial charge in [0.1, 0.15) is 5.69 Å². The molecule has 2 aromatic rings. The van der Waals surface area contributed by atoms with Gasteiger partial charge in [-0.05, 0) is 24.3 Å². The van der Waals surface area contributed by atoms with Crippen molar-refractivity contribution in [2.45, 2.75) is 0 Å². The second kappa shape index (κ2) is 4.39. The third-order valence-corrected chi connectivity index (χ3v) is 2.75. The zero-order chi connectivity index (χ0) is 11.7. The Labute approximate surface area is 106 Å². The number of aromatic nitrogens is 2. The SMILES string of the molecule is Cn1ccc(C(=O)c2cc(Cl)cc(Br)c2)n1. The molecule has 0 N–H and O–H groups in total. The average molecular weight is 300 g/mol. The van der Waals surface area contributed by atoms with Crippen LogP contribution in [0.5, 0.6) is 0 Å². The number of halogens is 2. The number of nitrogens with zero attached hydrogens (tertiary/aromatic N) is 2. The minimum atomic E-state index is -0.135. The molecule has 0 aliphatic carbocycles. The van der Waals surface area contributed by atoms with E-state index in [1.165, 1.54) is 0 Å². The van der Waals surface area contributed by atoms with Crippen LogP contribution in [-0.2, 0) is 7.05 Å². The van der Waals surface area contributed by atoms with E-state index in [-0.39, 0.29) is 5.78 Å². The third kappa shape index (κ3) is 2.33. The molecular weight excluding hydrogens is 291 g/mol. The van der Waals surface area contributed by atoms with Crippen LogP contribution in [0.25, 0.3) is 0 Å². The summed E-state index contributed by atoms with van der Waals surface area (Å²) in [4.78, 5) is 12.0. The molecule has 0 saturated heterocycles. The van der Waals surface area contributed by atoms with Crippen molar-refractivity contribution in [2.75, 3.05) is 0 Å². The lowest BCUT2D eigenvalue weighted by Crippen LogP contribution is -2.03. The van der Waals surface area contributed by atoms with E-state index >= 15 is 0 Å². The summed E-state index contributed by atoms with van der Waals surface area (Å²) in [5, 5.41) is 4.58. The van der Waals surface area contributed by atoms with Gasteiger partial charge in [0.05, 0.1) is 0 Å². The summed E-state index contributed by atoms with van der Waals surface area (Å²) < 4.78 is 2.37. The molecule has 1 heterocycles. The van der Waals surface area contributed by atoms with Gasteiger partial charge < -0.3 is 0 Å². The van der Waals surface area contributed by atoms with E-state index < -0.39 is 0 Å². The van der Waals surface area contributed by atoms with E-state index in [1.54, 1.807) is 42.2 Å². The molecule has 0 aliphatic rings. The summed E-state index contributed by atoms with van der Waals surface area (Å²) in [7, 11) is 1.77. The zero-order valence-corrected chi connectivity index (χ0v) is 10.8. The van der Waals surface area contributed by atoms with Gasteiger partial charge in [-0.1, -0.05) is 27.5 Å². The molecule has 0 radical (unpaired) electrons. The van der Waals surface area contributed by atoms with Crippen LogP contribution in [-0.4, -0.2) is 15.6 Å². The summed E-state index contributed by atoms with van der Waals surface area (Å²) in [6, 6.07) is 6.76. The van der Waals surface area contributed by atoms with Crippen LogP contribution in [0.15, 0.2) is 34.9 Å². The molecule has 0 unspecified atom stereocenters. The van der Waals surface area contributed by atoms with Gasteiger partial charge in [-0.15, -0.1) is 0 Å². The van der Waals surface area contributed by atoms with E-state index in [4.69, 9.17) is 11.6 Å². The van der Waals surface area contributed by atoms with Crippen molar-refractivity contribution in [3.05, 3.63) is 51.2 Å². The molecule has 5 heteroatoms. The minimum absolute atomic E-state index is 0.135. The largest absolute Gasteiger partial charge is 0.287 e. The van der Waals surface area contributed by atoms with Crippen molar-refractivity contribution in [1.29, 1.82) is 0 Å². The Hall–Kier alpha value is -1.13. The van der Waals surface area contributed by atoms with Crippen LogP contribution in [0.4, 0.5) is 0 Å². The van der Waals surface area contributed by atoms with Crippen molar-refractivity contribution < 1.29 is 4.79 Å². The molecular formula is C11H8BrClN2O. The van der Waals surface area contributed by atoms with Crippen molar-refractivity contribution in [1.82, 2.24) is 9.78 Å². The second-order valence-electron chi connectivity index (χ2n) is 3.36. The molecule has 0 bridgehead atoms. The molecule has 0 amide bonds. The maximum atomic E-state index is 12.0. The first-order chi connectivity index (χ1) is 7.56. The standard InChI is InChI=1S/C11H8BrClN2O/c1-15-3-2-10(14-15)11(16)7-4-8(12)6-9(13)5-7/h2-6H,1H3. The number of aryl methyl sites for hydroxylation is 1. The lowest BCUT2D eigenvalue weighted by atomic mass is 10.1. The monoisotopic (exact) mass is 298 g/mol. The Kier molecular flexibility index (Phi) is 3.12. The van der Waals surface area contributed by atoms with E-state index in [9.17, 15) is 4.79 Å². The number of ketones is 1. The van der Waals surface area contributed by atoms with Crippen molar-refractivity contribution in [3.63, 3.8) is 0 Å². The molecule has 16 heavy (non-hydrogen) atoms. The van der Waals surface area contributed by atoms with Gasteiger partial charge in [-0.3, -0.25) is 9.48 Å². The third-order valence-electron chi connectivity index (χ3n) is 2.07. The van der Waals surface area contributed by atoms with Crippen molar-refractivity contribution in [3.8, 4) is 0 Å². The highest BCUT2D eigenvalue weighted by Gasteiger charge is 2.12. The molecule has 0 saturated carbocycles. The highest BCUT2D eigenvalue weighted by atomic mass is 79.9. The lowest BCUT2D eigenvalue weighted by Gasteiger charge is -2.00. The van der Waals surface area contributed by atoms with Gasteiger partial charge >= 0.3 is 0 Å². The van der Waals surface area contributed by atoms with Gasteiger partial charge in [0.25, 0.3) is 0 Å². The van der Waals surface area contributed by atoms with Crippen LogP contribution in [0.2, 0.25) is 5.02 Å². The highest BCUT2D eigenvalue weighted by Crippen LogP contribution is 2.21. The Balaban J connectivity index is 2.41. The predicted octanol–water partition coefficient (Wildman–Crippen LogP) is 3.07. The number of hydrogen-bond acceptors (Lipinski definition) is 2. The topological polar surface area (TPSA) is 34.9 Å². The van der Waals surface area contributed by atoms with Gasteiger partial charge in [0.15, 0.2) is 0 Å². The van der Waals surface area contributed by atoms with Crippen LogP contribution < -0.4 is 0 Å². The second-order valence-corrected chi connectivity index (χ2v) is 4.71. The van der Waals surface area contributed by atoms with Crippen molar-refractivity contribution >= 4 is 33.3 Å². The number of hydrogen-bond donors (Lipinski definition) is 0. The van der Waals surface area contributed by atoms with Gasteiger partial charge in [-0.25, -0.2) is 0 Å². The van der Waals surface area contributed by atoms with E-state index in [2.05, 4.69) is 21.0 Å². The predicted molar refractivity (Wildman–Crippen MR) is 65.8 cm³/mol. The minimum Gasteiger partial charge on any atom is -0.287 e. The molecule has 2 rings (SSSR count). The first kappa shape index (κ1) is 11.4. The summed E-state index contributed by atoms with van der Waals surface area (Å²) >= 11 is 9.18. The Bertz CT molecular complexity index is 530. The van der Waals surface area contributed by atoms with Crippen LogP contribution in [0.1, 0.15) is 16.1 Å². The fraction of sp³-hybridized carbons (Fsp3) is 0.0909. The van der Waals surface area contributed by atoms with Crippen LogP contribution >= 0.6 is 27.5 Å². The summed E-state index contributed by atoms with van der Waals surface area (Å²) in [6.45, 7) is 0. The maximum Gasteiger partial charge on any atom is 0.213 e. The normalized spacial score (nSPS) is 10.4. The van der Waals surface area contributed by atoms with Gasteiger partial charge in [0.2, 0.25) is 5.78 Å². The Morgan fingerprint density at radius 3 is 2.75 bits per heavy atom. The fourth-order valence-electron chi connectivity index (χ4n) is 1.37. The molecule has 1 aromatic carbocycles. The van der Waals surface area contributed by atoms with Crippen LogP contribution in [0.3, 0.4) is 0 Å². The average Bonchev–Trinajstić information content (AvgIpc) is 2.62. The van der Waals surface area contributed by atoms with Gasteiger partial charge in [-0.2, -0.15) is 5.10 Å². The quantitative estimate of drug-likeness (QED) is 0.799. The lowest BCUT2D eigenvalue weighted by molar-refractivity contribution is 0.103. The molecule has 0 aliphatic heterocycles. The fourth-order valence-corrected chi connectivity index (χ4v) is 2.23. The van der Waals surface area contributed by atoms with Crippen LogP contribution in [0, 0.1) is 0 Å².